The van der Waals surface area contributed by atoms with Crippen LogP contribution in [0.1, 0.15) is 36.7 Å². The van der Waals surface area contributed by atoms with Gasteiger partial charge in [-0.1, -0.05) is 26.0 Å². The number of nitrogens with one attached hydrogen (secondary N) is 1. The lowest BCUT2D eigenvalue weighted by Crippen LogP contribution is -2.44. The zero-order chi connectivity index (χ0) is 18.7. The van der Waals surface area contributed by atoms with Crippen LogP contribution in [0.2, 0.25) is 0 Å². The summed E-state index contributed by atoms with van der Waals surface area (Å²) < 4.78 is 19.7. The molecule has 26 heavy (non-hydrogen) atoms. The Kier molecular flexibility index (Phi) is 5.40. The second kappa shape index (κ2) is 7.72. The molecule has 2 aromatic rings. The molecule has 138 valence electrons. The third-order valence-corrected chi connectivity index (χ3v) is 4.62. The quantitative estimate of drug-likeness (QED) is 0.908. The van der Waals surface area contributed by atoms with Crippen molar-refractivity contribution in [3.8, 4) is 5.75 Å². The number of hydrogen-bond donors (Lipinski definition) is 1. The van der Waals surface area contributed by atoms with Crippen molar-refractivity contribution in [2.45, 2.75) is 33.4 Å². The average molecular weight is 357 g/mol. The molecule has 1 aliphatic heterocycles. The standard InChI is InChI=1S/C20H24FN3O2/c1-13(2)18(19-14(3)6-5-9-22-19)23-20(25)24-10-11-26-17-8-4-7-16(21)15(17)12-24/h4-9,13,18H,10-12H2,1-3H3,(H,23,25). The van der Waals surface area contributed by atoms with Gasteiger partial charge in [-0.15, -0.1) is 0 Å². The number of carbonyl (C=O) groups excluding carboxylic acids is 1. The van der Waals surface area contributed by atoms with Crippen LogP contribution < -0.4 is 10.1 Å². The van der Waals surface area contributed by atoms with E-state index in [2.05, 4.69) is 10.3 Å². The molecule has 2 heterocycles. The van der Waals surface area contributed by atoms with E-state index in [1.165, 1.54) is 6.07 Å². The van der Waals surface area contributed by atoms with Gasteiger partial charge in [0, 0.05) is 11.8 Å². The highest BCUT2D eigenvalue weighted by molar-refractivity contribution is 5.75. The summed E-state index contributed by atoms with van der Waals surface area (Å²) in [7, 11) is 0. The maximum atomic E-state index is 14.1. The Hall–Kier alpha value is -2.63. The molecule has 1 aromatic heterocycles. The van der Waals surface area contributed by atoms with Crippen molar-refractivity contribution in [2.24, 2.45) is 5.92 Å². The Balaban J connectivity index is 1.80. The third kappa shape index (κ3) is 3.79. The number of carbonyl (C=O) groups is 1. The summed E-state index contributed by atoms with van der Waals surface area (Å²) >= 11 is 0. The van der Waals surface area contributed by atoms with Gasteiger partial charge in [-0.3, -0.25) is 4.98 Å². The molecule has 1 unspecified atom stereocenters. The summed E-state index contributed by atoms with van der Waals surface area (Å²) in [5, 5.41) is 3.07. The van der Waals surface area contributed by atoms with Crippen molar-refractivity contribution < 1.29 is 13.9 Å². The zero-order valence-corrected chi connectivity index (χ0v) is 15.3. The van der Waals surface area contributed by atoms with Gasteiger partial charge in [0.25, 0.3) is 0 Å². The molecular weight excluding hydrogens is 333 g/mol. The molecule has 0 spiro atoms. The zero-order valence-electron chi connectivity index (χ0n) is 15.3. The van der Waals surface area contributed by atoms with Gasteiger partial charge in [0.05, 0.1) is 24.8 Å². The molecule has 0 aliphatic carbocycles. The lowest BCUT2D eigenvalue weighted by molar-refractivity contribution is 0.180. The first kappa shape index (κ1) is 18.2. The van der Waals surface area contributed by atoms with Crippen LogP contribution in [0.5, 0.6) is 5.75 Å². The van der Waals surface area contributed by atoms with E-state index in [1.54, 1.807) is 23.2 Å². The number of nitrogens with zero attached hydrogens (tertiary/aromatic N) is 2. The van der Waals surface area contributed by atoms with Crippen molar-refractivity contribution in [2.75, 3.05) is 13.2 Å². The van der Waals surface area contributed by atoms with E-state index in [9.17, 15) is 9.18 Å². The summed E-state index contributed by atoms with van der Waals surface area (Å²) in [4.78, 5) is 18.9. The molecule has 1 atom stereocenters. The molecule has 1 aromatic carbocycles. The van der Waals surface area contributed by atoms with Gasteiger partial charge in [0.15, 0.2) is 0 Å². The number of aromatic nitrogens is 1. The van der Waals surface area contributed by atoms with E-state index in [0.717, 1.165) is 11.3 Å². The number of halogens is 1. The minimum absolute atomic E-state index is 0.166. The summed E-state index contributed by atoms with van der Waals surface area (Å²) in [5.74, 6) is 0.310. The fourth-order valence-corrected chi connectivity index (χ4v) is 3.14. The van der Waals surface area contributed by atoms with Crippen LogP contribution in [0.4, 0.5) is 9.18 Å². The number of benzene rings is 1. The molecule has 0 radical (unpaired) electrons. The van der Waals surface area contributed by atoms with Gasteiger partial charge >= 0.3 is 6.03 Å². The Bertz CT molecular complexity index is 794. The molecule has 2 amide bonds. The molecule has 0 saturated heterocycles. The Labute approximate surface area is 153 Å². The molecule has 3 rings (SSSR count). The van der Waals surface area contributed by atoms with Crippen LogP contribution >= 0.6 is 0 Å². The van der Waals surface area contributed by atoms with Crippen molar-refractivity contribution >= 4 is 6.03 Å². The van der Waals surface area contributed by atoms with Crippen LogP contribution in [0.25, 0.3) is 0 Å². The highest BCUT2D eigenvalue weighted by Gasteiger charge is 2.26. The predicted molar refractivity (Wildman–Crippen MR) is 97.4 cm³/mol. The van der Waals surface area contributed by atoms with Gasteiger partial charge in [0.1, 0.15) is 18.2 Å². The third-order valence-electron chi connectivity index (χ3n) is 4.62. The van der Waals surface area contributed by atoms with Gasteiger partial charge in [-0.2, -0.15) is 0 Å². The molecule has 1 N–H and O–H groups in total. The number of aryl methyl sites for hydroxylation is 1. The minimum Gasteiger partial charge on any atom is -0.491 e. The van der Waals surface area contributed by atoms with E-state index < -0.39 is 0 Å². The molecule has 0 fully saturated rings. The molecular formula is C20H24FN3O2. The van der Waals surface area contributed by atoms with Crippen LogP contribution in [-0.4, -0.2) is 29.1 Å². The monoisotopic (exact) mass is 357 g/mol. The van der Waals surface area contributed by atoms with E-state index in [1.807, 2.05) is 32.9 Å². The lowest BCUT2D eigenvalue weighted by Gasteiger charge is -2.28. The second-order valence-electron chi connectivity index (χ2n) is 6.86. The largest absolute Gasteiger partial charge is 0.491 e. The molecule has 6 heteroatoms. The SMILES string of the molecule is Cc1cccnc1C(NC(=O)N1CCOc2cccc(F)c2C1)C(C)C. The second-order valence-corrected chi connectivity index (χ2v) is 6.86. The fourth-order valence-electron chi connectivity index (χ4n) is 3.14. The van der Waals surface area contributed by atoms with E-state index in [-0.39, 0.29) is 30.4 Å². The number of pyridine rings is 1. The van der Waals surface area contributed by atoms with E-state index in [0.29, 0.717) is 24.5 Å². The fraction of sp³-hybridized carbons (Fsp3) is 0.400. The number of ether oxygens (including phenoxy) is 1. The molecule has 0 saturated carbocycles. The first-order chi connectivity index (χ1) is 12.5. The van der Waals surface area contributed by atoms with Crippen LogP contribution in [0.3, 0.4) is 0 Å². The number of amides is 2. The number of urea groups is 1. The maximum absolute atomic E-state index is 14.1. The molecule has 1 aliphatic rings. The smallest absolute Gasteiger partial charge is 0.318 e. The number of rotatable bonds is 3. The van der Waals surface area contributed by atoms with Crippen LogP contribution in [0.15, 0.2) is 36.5 Å². The van der Waals surface area contributed by atoms with Gasteiger partial charge in [-0.25, -0.2) is 9.18 Å². The van der Waals surface area contributed by atoms with Gasteiger partial charge < -0.3 is 15.0 Å². The number of fused-ring (bicyclic) bond motifs is 1. The molecule has 0 bridgehead atoms. The Morgan fingerprint density at radius 2 is 2.12 bits per heavy atom. The van der Waals surface area contributed by atoms with Crippen LogP contribution in [0, 0.1) is 18.7 Å². The van der Waals surface area contributed by atoms with Crippen molar-refractivity contribution in [3.63, 3.8) is 0 Å². The summed E-state index contributed by atoms with van der Waals surface area (Å²) in [6, 6.07) is 8.13. The van der Waals surface area contributed by atoms with Gasteiger partial charge in [0.2, 0.25) is 0 Å². The van der Waals surface area contributed by atoms with Crippen molar-refractivity contribution in [1.82, 2.24) is 15.2 Å². The first-order valence-corrected chi connectivity index (χ1v) is 8.84. The van der Waals surface area contributed by atoms with Crippen molar-refractivity contribution in [1.29, 1.82) is 0 Å². The Morgan fingerprint density at radius 3 is 2.85 bits per heavy atom. The highest BCUT2D eigenvalue weighted by Crippen LogP contribution is 2.27. The average Bonchev–Trinajstić information content (AvgIpc) is 2.84. The summed E-state index contributed by atoms with van der Waals surface area (Å²) in [5.41, 5.74) is 2.30. The van der Waals surface area contributed by atoms with Crippen molar-refractivity contribution in [3.05, 3.63) is 59.2 Å². The van der Waals surface area contributed by atoms with E-state index >= 15 is 0 Å². The van der Waals surface area contributed by atoms with E-state index in [4.69, 9.17) is 4.74 Å². The lowest BCUT2D eigenvalue weighted by atomic mass is 9.97. The Morgan fingerprint density at radius 1 is 1.31 bits per heavy atom. The summed E-state index contributed by atoms with van der Waals surface area (Å²) in [6.07, 6.45) is 1.73. The first-order valence-electron chi connectivity index (χ1n) is 8.84. The maximum Gasteiger partial charge on any atom is 0.318 e. The summed E-state index contributed by atoms with van der Waals surface area (Å²) in [6.45, 7) is 6.97. The highest BCUT2D eigenvalue weighted by atomic mass is 19.1. The van der Waals surface area contributed by atoms with Crippen LogP contribution in [-0.2, 0) is 6.54 Å². The minimum atomic E-state index is -0.358. The number of hydrogen-bond acceptors (Lipinski definition) is 3. The van der Waals surface area contributed by atoms with Gasteiger partial charge in [-0.05, 0) is 36.6 Å². The normalized spacial score (nSPS) is 15.0. The molecule has 5 nitrogen and oxygen atoms in total. The topological polar surface area (TPSA) is 54.5 Å². The predicted octanol–water partition coefficient (Wildman–Crippen LogP) is 3.83.